The van der Waals surface area contributed by atoms with Crippen LogP contribution in [0.1, 0.15) is 37.6 Å². The van der Waals surface area contributed by atoms with E-state index < -0.39 is 0 Å². The smallest absolute Gasteiger partial charge is 0.248 e. The number of hydrogen-bond acceptors (Lipinski definition) is 5. The quantitative estimate of drug-likeness (QED) is 0.772. The highest BCUT2D eigenvalue weighted by atomic mass is 16.5. The molecule has 1 unspecified atom stereocenters. The van der Waals surface area contributed by atoms with Crippen molar-refractivity contribution in [2.24, 2.45) is 0 Å². The Labute approximate surface area is 147 Å². The minimum atomic E-state index is -0.00807. The van der Waals surface area contributed by atoms with Crippen molar-refractivity contribution in [1.29, 1.82) is 0 Å². The lowest BCUT2D eigenvalue weighted by molar-refractivity contribution is -0.138. The Bertz CT molecular complexity index is 610. The van der Waals surface area contributed by atoms with Crippen LogP contribution in [-0.4, -0.2) is 59.0 Å². The summed E-state index contributed by atoms with van der Waals surface area (Å²) in [5.74, 6) is -0.00236. The Morgan fingerprint density at radius 3 is 3.08 bits per heavy atom. The van der Waals surface area contributed by atoms with Crippen LogP contribution < -0.4 is 5.32 Å². The molecule has 2 amide bonds. The number of rotatable bonds is 7. The lowest BCUT2D eigenvalue weighted by Gasteiger charge is -2.27. The first-order valence-electron chi connectivity index (χ1n) is 8.95. The lowest BCUT2D eigenvalue weighted by atomic mass is 10.2. The second-order valence-corrected chi connectivity index (χ2v) is 6.45. The van der Waals surface area contributed by atoms with Crippen LogP contribution in [0.25, 0.3) is 0 Å². The topological polar surface area (TPSA) is 85.7 Å². The van der Waals surface area contributed by atoms with Gasteiger partial charge in [-0.1, -0.05) is 6.92 Å². The number of hydrogen-bond donors (Lipinski definition) is 1. The van der Waals surface area contributed by atoms with Gasteiger partial charge < -0.3 is 19.7 Å². The normalized spacial score (nSPS) is 19.7. The molecule has 0 bridgehead atoms. The predicted octanol–water partition coefficient (Wildman–Crippen LogP) is 0.447. The molecule has 138 valence electrons. The summed E-state index contributed by atoms with van der Waals surface area (Å²) in [6, 6.07) is 1.95. The van der Waals surface area contributed by atoms with Gasteiger partial charge in [0.25, 0.3) is 0 Å². The first-order valence-corrected chi connectivity index (χ1v) is 8.95. The van der Waals surface area contributed by atoms with Crippen LogP contribution in [-0.2, 0) is 38.7 Å². The zero-order valence-electron chi connectivity index (χ0n) is 14.7. The molecule has 0 aromatic carbocycles. The molecule has 2 aliphatic rings. The van der Waals surface area contributed by atoms with Crippen molar-refractivity contribution in [2.45, 2.75) is 51.9 Å². The van der Waals surface area contributed by atoms with E-state index in [-0.39, 0.29) is 24.5 Å². The Balaban J connectivity index is 1.45. The summed E-state index contributed by atoms with van der Waals surface area (Å²) in [4.78, 5) is 25.5. The second-order valence-electron chi connectivity index (χ2n) is 6.45. The molecule has 8 heteroatoms. The van der Waals surface area contributed by atoms with Crippen LogP contribution in [0.5, 0.6) is 0 Å². The van der Waals surface area contributed by atoms with Gasteiger partial charge in [-0.05, 0) is 18.9 Å². The van der Waals surface area contributed by atoms with Crippen molar-refractivity contribution in [3.8, 4) is 0 Å². The molecule has 8 nitrogen and oxygen atoms in total. The van der Waals surface area contributed by atoms with E-state index in [0.717, 1.165) is 30.8 Å². The average Bonchev–Trinajstić information content (AvgIpc) is 3.27. The molecule has 1 saturated heterocycles. The third-order valence-corrected chi connectivity index (χ3v) is 4.54. The lowest BCUT2D eigenvalue weighted by Crippen LogP contribution is -2.40. The molecule has 0 saturated carbocycles. The van der Waals surface area contributed by atoms with Crippen LogP contribution in [0.3, 0.4) is 0 Å². The van der Waals surface area contributed by atoms with E-state index in [1.165, 1.54) is 0 Å². The van der Waals surface area contributed by atoms with Gasteiger partial charge in [0.15, 0.2) is 0 Å². The van der Waals surface area contributed by atoms with Gasteiger partial charge in [-0.15, -0.1) is 0 Å². The van der Waals surface area contributed by atoms with E-state index in [4.69, 9.17) is 9.47 Å². The van der Waals surface area contributed by atoms with Gasteiger partial charge in [0.2, 0.25) is 11.8 Å². The van der Waals surface area contributed by atoms with Crippen molar-refractivity contribution in [3.63, 3.8) is 0 Å². The summed E-state index contributed by atoms with van der Waals surface area (Å²) in [6.45, 7) is 5.41. The monoisotopic (exact) mass is 350 g/mol. The van der Waals surface area contributed by atoms with E-state index in [1.54, 1.807) is 4.90 Å². The molecule has 0 spiro atoms. The van der Waals surface area contributed by atoms with E-state index in [9.17, 15) is 9.59 Å². The number of carbonyl (C=O) groups excluding carboxylic acids is 2. The van der Waals surface area contributed by atoms with E-state index in [1.807, 2.05) is 17.7 Å². The molecular weight excluding hydrogens is 324 g/mol. The molecule has 1 aromatic heterocycles. The average molecular weight is 350 g/mol. The fourth-order valence-corrected chi connectivity index (χ4v) is 3.08. The van der Waals surface area contributed by atoms with Gasteiger partial charge in [-0.3, -0.25) is 14.3 Å². The van der Waals surface area contributed by atoms with Crippen LogP contribution in [0.2, 0.25) is 0 Å². The minimum Gasteiger partial charge on any atom is -0.376 e. The molecule has 2 aliphatic heterocycles. The molecule has 1 atom stereocenters. The van der Waals surface area contributed by atoms with Crippen LogP contribution in [0, 0.1) is 0 Å². The van der Waals surface area contributed by atoms with Crippen LogP contribution in [0.15, 0.2) is 6.07 Å². The number of fused-ring (bicyclic) bond motifs is 1. The highest BCUT2D eigenvalue weighted by Gasteiger charge is 2.23. The molecule has 1 N–H and O–H groups in total. The van der Waals surface area contributed by atoms with Crippen molar-refractivity contribution < 1.29 is 19.1 Å². The number of nitrogens with one attached hydrogen (secondary N) is 1. The van der Waals surface area contributed by atoms with Crippen LogP contribution >= 0.6 is 0 Å². The summed E-state index contributed by atoms with van der Waals surface area (Å²) < 4.78 is 12.9. The number of carbonyl (C=O) groups is 2. The van der Waals surface area contributed by atoms with Crippen molar-refractivity contribution in [1.82, 2.24) is 20.0 Å². The number of amides is 2. The fourth-order valence-electron chi connectivity index (χ4n) is 3.08. The van der Waals surface area contributed by atoms with Gasteiger partial charge in [-0.2, -0.15) is 5.10 Å². The maximum absolute atomic E-state index is 12.3. The second kappa shape index (κ2) is 8.44. The summed E-state index contributed by atoms with van der Waals surface area (Å²) in [7, 11) is 0. The number of nitrogens with zero attached hydrogens (tertiary/aromatic N) is 3. The molecular formula is C17H26N4O4. The Morgan fingerprint density at radius 2 is 2.32 bits per heavy atom. The number of ether oxygens (including phenoxy) is 2. The zero-order chi connectivity index (χ0) is 17.6. The maximum atomic E-state index is 12.3. The Kier molecular flexibility index (Phi) is 6.04. The van der Waals surface area contributed by atoms with Gasteiger partial charge in [0.1, 0.15) is 6.61 Å². The van der Waals surface area contributed by atoms with Crippen molar-refractivity contribution in [2.75, 3.05) is 26.4 Å². The molecule has 25 heavy (non-hydrogen) atoms. The van der Waals surface area contributed by atoms with Crippen LogP contribution in [0.4, 0.5) is 0 Å². The molecule has 0 radical (unpaired) electrons. The minimum absolute atomic E-state index is 0.00571. The molecule has 0 aliphatic carbocycles. The van der Waals surface area contributed by atoms with Crippen molar-refractivity contribution >= 4 is 11.8 Å². The third kappa shape index (κ3) is 4.79. The fraction of sp³-hybridized carbons (Fsp3) is 0.706. The summed E-state index contributed by atoms with van der Waals surface area (Å²) >= 11 is 0. The third-order valence-electron chi connectivity index (χ3n) is 4.54. The molecule has 3 rings (SSSR count). The van der Waals surface area contributed by atoms with Gasteiger partial charge in [0.05, 0.1) is 43.7 Å². The summed E-state index contributed by atoms with van der Waals surface area (Å²) in [5.41, 5.74) is 1.81. The van der Waals surface area contributed by atoms with E-state index in [2.05, 4.69) is 10.4 Å². The predicted molar refractivity (Wildman–Crippen MR) is 89.6 cm³/mol. The Hall–Kier alpha value is -1.93. The van der Waals surface area contributed by atoms with E-state index >= 15 is 0 Å². The van der Waals surface area contributed by atoms with Gasteiger partial charge in [-0.25, -0.2) is 0 Å². The SMILES string of the molecule is CCC(=O)NCc1cc2n(n1)CCN(C(=O)COCC1CCCO1)C2. The summed E-state index contributed by atoms with van der Waals surface area (Å²) in [6.07, 6.45) is 2.67. The first kappa shape index (κ1) is 17.9. The largest absolute Gasteiger partial charge is 0.376 e. The molecule has 1 aromatic rings. The van der Waals surface area contributed by atoms with E-state index in [0.29, 0.717) is 39.2 Å². The van der Waals surface area contributed by atoms with Gasteiger partial charge >= 0.3 is 0 Å². The van der Waals surface area contributed by atoms with Crippen molar-refractivity contribution in [3.05, 3.63) is 17.5 Å². The zero-order valence-corrected chi connectivity index (χ0v) is 14.7. The standard InChI is InChI=1S/C17H26N4O4/c1-2-16(22)18-9-13-8-14-10-20(5-6-21(14)19-13)17(23)12-24-11-15-4-3-7-25-15/h8,15H,2-7,9-12H2,1H3,(H,18,22). The maximum Gasteiger partial charge on any atom is 0.248 e. The highest BCUT2D eigenvalue weighted by Crippen LogP contribution is 2.15. The first-order chi connectivity index (χ1) is 12.2. The Morgan fingerprint density at radius 1 is 1.44 bits per heavy atom. The highest BCUT2D eigenvalue weighted by molar-refractivity contribution is 5.77. The van der Waals surface area contributed by atoms with Gasteiger partial charge in [0, 0.05) is 19.6 Å². The summed E-state index contributed by atoms with van der Waals surface area (Å²) in [5, 5.41) is 7.30. The molecule has 3 heterocycles. The number of aromatic nitrogens is 2. The molecule has 1 fully saturated rings.